The third kappa shape index (κ3) is 3.88. The van der Waals surface area contributed by atoms with Crippen LogP contribution in [0.1, 0.15) is 36.3 Å². The molecule has 3 heterocycles. The molecule has 1 amide bonds. The summed E-state index contributed by atoms with van der Waals surface area (Å²) in [7, 11) is 0. The number of amides is 1. The molecule has 7 nitrogen and oxygen atoms in total. The fourth-order valence-corrected chi connectivity index (χ4v) is 2.49. The molecule has 0 aliphatic heterocycles. The monoisotopic (exact) mass is 336 g/mol. The zero-order valence-electron chi connectivity index (χ0n) is 14.3. The molecule has 0 N–H and O–H groups in total. The molecule has 3 rings (SSSR count). The molecule has 0 aromatic carbocycles. The lowest BCUT2D eigenvalue weighted by Crippen LogP contribution is -2.38. The van der Waals surface area contributed by atoms with E-state index in [0.717, 1.165) is 12.0 Å². The maximum absolute atomic E-state index is 13.1. The third-order valence-corrected chi connectivity index (χ3v) is 4.10. The van der Waals surface area contributed by atoms with Gasteiger partial charge in [-0.1, -0.05) is 19.1 Å². The molecule has 0 saturated carbocycles. The van der Waals surface area contributed by atoms with Gasteiger partial charge in [0.15, 0.2) is 0 Å². The van der Waals surface area contributed by atoms with Crippen LogP contribution in [0.5, 0.6) is 0 Å². The van der Waals surface area contributed by atoms with Gasteiger partial charge in [-0.25, -0.2) is 4.98 Å². The highest BCUT2D eigenvalue weighted by Gasteiger charge is 2.22. The normalized spacial score (nSPS) is 11.9. The van der Waals surface area contributed by atoms with Crippen molar-refractivity contribution in [1.29, 1.82) is 0 Å². The van der Waals surface area contributed by atoms with Crippen molar-refractivity contribution in [3.63, 3.8) is 0 Å². The summed E-state index contributed by atoms with van der Waals surface area (Å²) >= 11 is 0. The predicted molar refractivity (Wildman–Crippen MR) is 93.0 cm³/mol. The second-order valence-electron chi connectivity index (χ2n) is 5.80. The number of rotatable bonds is 6. The number of pyridine rings is 2. The van der Waals surface area contributed by atoms with Gasteiger partial charge in [-0.2, -0.15) is 0 Å². The summed E-state index contributed by atoms with van der Waals surface area (Å²) in [5.41, 5.74) is 1.39. The number of carbonyl (C=O) groups excluding carboxylic acids is 1. The predicted octanol–water partition coefficient (Wildman–Crippen LogP) is 2.50. The van der Waals surface area contributed by atoms with Gasteiger partial charge < -0.3 is 4.90 Å². The molecule has 0 bridgehead atoms. The fraction of sp³-hybridized carbons (Fsp3) is 0.278. The van der Waals surface area contributed by atoms with Crippen LogP contribution in [0.4, 0.5) is 0 Å². The summed E-state index contributed by atoms with van der Waals surface area (Å²) in [4.78, 5) is 23.5. The van der Waals surface area contributed by atoms with E-state index in [2.05, 4.69) is 27.1 Å². The lowest BCUT2D eigenvalue weighted by Gasteiger charge is -2.28. The first-order valence-electron chi connectivity index (χ1n) is 8.21. The van der Waals surface area contributed by atoms with E-state index in [4.69, 9.17) is 0 Å². The van der Waals surface area contributed by atoms with E-state index in [-0.39, 0.29) is 11.9 Å². The van der Waals surface area contributed by atoms with Gasteiger partial charge in [0.05, 0.1) is 0 Å². The minimum atomic E-state index is -0.104. The molecule has 128 valence electrons. The Morgan fingerprint density at radius 3 is 2.68 bits per heavy atom. The first-order valence-corrected chi connectivity index (χ1v) is 8.21. The Morgan fingerprint density at radius 1 is 1.20 bits per heavy atom. The molecule has 0 fully saturated rings. The summed E-state index contributed by atoms with van der Waals surface area (Å²) in [5, 5.41) is 7.55. The first-order chi connectivity index (χ1) is 12.2. The van der Waals surface area contributed by atoms with Crippen LogP contribution in [0.3, 0.4) is 0 Å². The van der Waals surface area contributed by atoms with E-state index in [0.29, 0.717) is 18.1 Å². The molecule has 0 aliphatic carbocycles. The maximum atomic E-state index is 13.1. The molecule has 0 spiro atoms. The number of hydrogen-bond acceptors (Lipinski definition) is 5. The Balaban J connectivity index is 1.88. The second kappa shape index (κ2) is 7.65. The van der Waals surface area contributed by atoms with Gasteiger partial charge in [-0.3, -0.25) is 14.3 Å². The first kappa shape index (κ1) is 16.8. The minimum Gasteiger partial charge on any atom is -0.330 e. The van der Waals surface area contributed by atoms with Crippen molar-refractivity contribution in [2.75, 3.05) is 0 Å². The van der Waals surface area contributed by atoms with Gasteiger partial charge in [0.1, 0.15) is 24.2 Å². The van der Waals surface area contributed by atoms with Gasteiger partial charge in [0, 0.05) is 25.0 Å². The van der Waals surface area contributed by atoms with E-state index >= 15 is 0 Å². The van der Waals surface area contributed by atoms with Gasteiger partial charge in [0.25, 0.3) is 5.91 Å². The smallest absolute Gasteiger partial charge is 0.273 e. The van der Waals surface area contributed by atoms with Crippen LogP contribution in [0, 0.1) is 0 Å². The van der Waals surface area contributed by atoms with Gasteiger partial charge in [-0.15, -0.1) is 10.2 Å². The van der Waals surface area contributed by atoms with Crippen LogP contribution < -0.4 is 0 Å². The van der Waals surface area contributed by atoms with E-state index in [1.165, 1.54) is 0 Å². The zero-order chi connectivity index (χ0) is 17.6. The van der Waals surface area contributed by atoms with Crippen LogP contribution in [-0.4, -0.2) is 41.6 Å². The van der Waals surface area contributed by atoms with Crippen molar-refractivity contribution in [2.45, 2.75) is 32.9 Å². The molecule has 7 heteroatoms. The Hall–Kier alpha value is -3.09. The lowest BCUT2D eigenvalue weighted by atomic mass is 10.1. The summed E-state index contributed by atoms with van der Waals surface area (Å²) < 4.78 is 1.67. The van der Waals surface area contributed by atoms with Gasteiger partial charge in [0.2, 0.25) is 0 Å². The Morgan fingerprint density at radius 2 is 2.00 bits per heavy atom. The molecule has 0 radical (unpaired) electrons. The maximum Gasteiger partial charge on any atom is 0.273 e. The second-order valence-corrected chi connectivity index (χ2v) is 5.80. The minimum absolute atomic E-state index is 0.0908. The van der Waals surface area contributed by atoms with Gasteiger partial charge in [-0.05, 0) is 37.1 Å². The molecule has 3 aromatic heterocycles. The highest BCUT2D eigenvalue weighted by molar-refractivity contribution is 5.92. The number of carbonyl (C=O) groups is 1. The van der Waals surface area contributed by atoms with Crippen molar-refractivity contribution in [3.8, 4) is 5.82 Å². The quantitative estimate of drug-likeness (QED) is 0.691. The largest absolute Gasteiger partial charge is 0.330 e. The number of aromatic nitrogens is 5. The Kier molecular flexibility index (Phi) is 5.13. The van der Waals surface area contributed by atoms with Crippen LogP contribution in [0.2, 0.25) is 0 Å². The SMILES string of the molecule is CC[C@@H](C)N(Cc1cccnc1)C(=O)c1cccc(-n2cnnc2)n1. The van der Waals surface area contributed by atoms with Crippen molar-refractivity contribution in [3.05, 3.63) is 66.6 Å². The van der Waals surface area contributed by atoms with Crippen molar-refractivity contribution in [2.24, 2.45) is 0 Å². The highest BCUT2D eigenvalue weighted by atomic mass is 16.2. The molecular weight excluding hydrogens is 316 g/mol. The fourth-order valence-electron chi connectivity index (χ4n) is 2.49. The summed E-state index contributed by atoms with van der Waals surface area (Å²) in [6.45, 7) is 4.60. The number of hydrogen-bond donors (Lipinski definition) is 0. The Bertz CT molecular complexity index is 819. The zero-order valence-corrected chi connectivity index (χ0v) is 14.3. The van der Waals surface area contributed by atoms with Crippen molar-refractivity contribution >= 4 is 5.91 Å². The van der Waals surface area contributed by atoms with E-state index in [1.807, 2.05) is 36.1 Å². The third-order valence-electron chi connectivity index (χ3n) is 4.10. The topological polar surface area (TPSA) is 76.8 Å². The number of nitrogens with zero attached hydrogens (tertiary/aromatic N) is 6. The van der Waals surface area contributed by atoms with E-state index < -0.39 is 0 Å². The van der Waals surface area contributed by atoms with Crippen LogP contribution in [0.15, 0.2) is 55.4 Å². The summed E-state index contributed by atoms with van der Waals surface area (Å²) in [5.74, 6) is 0.509. The van der Waals surface area contributed by atoms with Crippen molar-refractivity contribution < 1.29 is 4.79 Å². The van der Waals surface area contributed by atoms with Gasteiger partial charge >= 0.3 is 0 Å². The molecule has 0 unspecified atom stereocenters. The lowest BCUT2D eigenvalue weighted by molar-refractivity contribution is 0.0665. The highest BCUT2D eigenvalue weighted by Crippen LogP contribution is 2.15. The Labute approximate surface area is 146 Å². The van der Waals surface area contributed by atoms with Crippen LogP contribution >= 0.6 is 0 Å². The van der Waals surface area contributed by atoms with Crippen LogP contribution in [-0.2, 0) is 6.54 Å². The molecule has 1 atom stereocenters. The molecular formula is C18H20N6O. The molecule has 0 saturated heterocycles. The van der Waals surface area contributed by atoms with Crippen LogP contribution in [0.25, 0.3) is 5.82 Å². The van der Waals surface area contributed by atoms with E-state index in [1.54, 1.807) is 35.7 Å². The molecule has 3 aromatic rings. The summed E-state index contributed by atoms with van der Waals surface area (Å²) in [6, 6.07) is 9.29. The standard InChI is InChI=1S/C18H20N6O/c1-3-14(2)24(11-15-6-5-9-19-10-15)18(25)16-7-4-8-17(22-16)23-12-20-21-13-23/h4-10,12-14H,3,11H2,1-2H3/t14-/m1/s1. The average Bonchev–Trinajstić information content (AvgIpc) is 3.21. The van der Waals surface area contributed by atoms with Crippen molar-refractivity contribution in [1.82, 2.24) is 29.6 Å². The average molecular weight is 336 g/mol. The summed E-state index contributed by atoms with van der Waals surface area (Å²) in [6.07, 6.45) is 7.47. The van der Waals surface area contributed by atoms with E-state index in [9.17, 15) is 4.79 Å². The molecule has 0 aliphatic rings. The molecule has 25 heavy (non-hydrogen) atoms.